The summed E-state index contributed by atoms with van der Waals surface area (Å²) in [5.41, 5.74) is 0.864. The number of rotatable bonds is 5. The molecule has 40 heavy (non-hydrogen) atoms. The lowest BCUT2D eigenvalue weighted by molar-refractivity contribution is 0.320. The van der Waals surface area contributed by atoms with Crippen LogP contribution in [0.1, 0.15) is 179 Å². The maximum atomic E-state index is 3.17. The summed E-state index contributed by atoms with van der Waals surface area (Å²) in [4.78, 5) is 0. The van der Waals surface area contributed by atoms with Gasteiger partial charge >= 0.3 is 0 Å². The molecular formula is C40H82. The lowest BCUT2D eigenvalue weighted by atomic mass is 9.86. The first kappa shape index (κ1) is 48.8. The number of hydrogen-bond donors (Lipinski definition) is 0. The van der Waals surface area contributed by atoms with Gasteiger partial charge in [-0.15, -0.1) is 0 Å². The minimum atomic E-state index is 0.171. The highest BCUT2D eigenvalue weighted by molar-refractivity contribution is 5.09. The van der Waals surface area contributed by atoms with Crippen LogP contribution in [-0.2, 0) is 0 Å². The predicted molar refractivity (Wildman–Crippen MR) is 192 cm³/mol. The van der Waals surface area contributed by atoms with Gasteiger partial charge in [-0.2, -0.15) is 0 Å². The molecule has 0 radical (unpaired) electrons. The molecule has 0 aliphatic carbocycles. The Bertz CT molecular complexity index is 576. The second-order valence-corrected chi connectivity index (χ2v) is 17.6. The van der Waals surface area contributed by atoms with Crippen LogP contribution in [0.2, 0.25) is 0 Å². The summed E-state index contributed by atoms with van der Waals surface area (Å²) in [7, 11) is 0. The molecule has 0 saturated carbocycles. The molecule has 0 atom stereocenters. The fourth-order valence-electron chi connectivity index (χ4n) is 3.83. The van der Waals surface area contributed by atoms with Crippen LogP contribution >= 0.6 is 0 Å². The third-order valence-electron chi connectivity index (χ3n) is 4.38. The minimum Gasteiger partial charge on any atom is -0.0999 e. The Kier molecular flexibility index (Phi) is 31.5. The summed E-state index contributed by atoms with van der Waals surface area (Å²) in [5.74, 6) is 18.0. The maximum absolute atomic E-state index is 3.17. The van der Waals surface area contributed by atoms with Gasteiger partial charge in [0.05, 0.1) is 0 Å². The fourth-order valence-corrected chi connectivity index (χ4v) is 3.83. The van der Waals surface area contributed by atoms with Crippen LogP contribution in [0.15, 0.2) is 0 Å². The molecule has 0 fully saturated rings. The van der Waals surface area contributed by atoms with Crippen LogP contribution in [-0.4, -0.2) is 0 Å². The second kappa shape index (κ2) is 25.8. The highest BCUT2D eigenvalue weighted by Gasteiger charge is 2.11. The monoisotopic (exact) mass is 563 g/mol. The van der Waals surface area contributed by atoms with Gasteiger partial charge in [0, 0.05) is 22.7 Å². The first-order valence-corrected chi connectivity index (χ1v) is 16.6. The summed E-state index contributed by atoms with van der Waals surface area (Å²) in [6.07, 6.45) is 4.05. The zero-order chi connectivity index (χ0) is 33.5. The average Bonchev–Trinajstić information content (AvgIpc) is 2.61. The first-order valence-electron chi connectivity index (χ1n) is 16.6. The van der Waals surface area contributed by atoms with Gasteiger partial charge in [0.25, 0.3) is 0 Å². The molecule has 0 rings (SSSR count). The predicted octanol–water partition coefficient (Wildman–Crippen LogP) is 13.8. The molecule has 0 aromatic heterocycles. The molecule has 0 aromatic rings. The zero-order valence-corrected chi connectivity index (χ0v) is 32.7. The van der Waals surface area contributed by atoms with E-state index >= 15 is 0 Å². The molecule has 0 saturated heterocycles. The van der Waals surface area contributed by atoms with Gasteiger partial charge in [-0.25, -0.2) is 0 Å². The molecule has 0 spiro atoms. The Hall–Kier alpha value is -0.880. The van der Waals surface area contributed by atoms with Crippen molar-refractivity contribution >= 4 is 0 Å². The molecule has 0 nitrogen and oxygen atoms in total. The quantitative estimate of drug-likeness (QED) is 0.292. The van der Waals surface area contributed by atoms with Gasteiger partial charge in [0.2, 0.25) is 0 Å². The molecule has 0 unspecified atom stereocenters. The van der Waals surface area contributed by atoms with Crippen molar-refractivity contribution < 1.29 is 0 Å². The van der Waals surface area contributed by atoms with Crippen molar-refractivity contribution in [3.8, 4) is 23.7 Å². The van der Waals surface area contributed by atoms with Crippen molar-refractivity contribution in [3.63, 3.8) is 0 Å². The summed E-state index contributed by atoms with van der Waals surface area (Å²) < 4.78 is 0. The summed E-state index contributed by atoms with van der Waals surface area (Å²) >= 11 is 0. The number of hydrogen-bond acceptors (Lipinski definition) is 0. The maximum Gasteiger partial charge on any atom is 0.0230 e. The lowest BCUT2D eigenvalue weighted by Crippen LogP contribution is -2.08. The van der Waals surface area contributed by atoms with Crippen molar-refractivity contribution in [2.45, 2.75) is 179 Å². The average molecular weight is 563 g/mol. The molecular weight excluding hydrogens is 480 g/mol. The highest BCUT2D eigenvalue weighted by atomic mass is 14.2. The van der Waals surface area contributed by atoms with Crippen LogP contribution in [0.3, 0.4) is 0 Å². The lowest BCUT2D eigenvalue weighted by Gasteiger charge is -2.19. The van der Waals surface area contributed by atoms with Gasteiger partial charge in [-0.05, 0) is 95.8 Å². The van der Waals surface area contributed by atoms with E-state index in [1.807, 2.05) is 0 Å². The Labute approximate surface area is 259 Å². The van der Waals surface area contributed by atoms with Gasteiger partial charge in [-0.3, -0.25) is 0 Å². The molecule has 242 valence electrons. The first-order chi connectivity index (χ1) is 17.5. The summed E-state index contributed by atoms with van der Waals surface area (Å²) in [6, 6.07) is 0. The van der Waals surface area contributed by atoms with E-state index in [-0.39, 0.29) is 10.8 Å². The third kappa shape index (κ3) is 83.2. The molecule has 0 aliphatic rings. The van der Waals surface area contributed by atoms with Crippen LogP contribution in [0.5, 0.6) is 0 Å². The van der Waals surface area contributed by atoms with E-state index in [2.05, 4.69) is 183 Å². The van der Waals surface area contributed by atoms with Crippen molar-refractivity contribution in [3.05, 3.63) is 0 Å². The van der Waals surface area contributed by atoms with E-state index in [1.54, 1.807) is 0 Å². The topological polar surface area (TPSA) is 0 Å². The van der Waals surface area contributed by atoms with Crippen LogP contribution in [0, 0.1) is 81.4 Å². The third-order valence-corrected chi connectivity index (χ3v) is 4.38. The van der Waals surface area contributed by atoms with E-state index in [4.69, 9.17) is 0 Å². The summed E-state index contributed by atoms with van der Waals surface area (Å²) in [5, 5.41) is 0. The zero-order valence-electron chi connectivity index (χ0n) is 32.7. The normalized spacial score (nSPS) is 11.3. The van der Waals surface area contributed by atoms with E-state index in [0.717, 1.165) is 29.6 Å². The van der Waals surface area contributed by atoms with Gasteiger partial charge in [0.1, 0.15) is 0 Å². The smallest absolute Gasteiger partial charge is 0.0230 e. The molecule has 0 aliphatic heterocycles. The van der Waals surface area contributed by atoms with Crippen LogP contribution in [0.4, 0.5) is 0 Å². The fraction of sp³-hybridized carbons (Fsp3) is 0.900. The molecule has 0 amide bonds. The molecule has 0 aromatic carbocycles. The van der Waals surface area contributed by atoms with E-state index in [9.17, 15) is 0 Å². The van der Waals surface area contributed by atoms with Crippen molar-refractivity contribution in [1.29, 1.82) is 0 Å². The van der Waals surface area contributed by atoms with Crippen LogP contribution < -0.4 is 0 Å². The van der Waals surface area contributed by atoms with Gasteiger partial charge in [0.15, 0.2) is 0 Å². The van der Waals surface area contributed by atoms with E-state index in [0.29, 0.717) is 17.3 Å². The Morgan fingerprint density at radius 2 is 0.600 bits per heavy atom. The Morgan fingerprint density at radius 1 is 0.375 bits per heavy atom. The summed E-state index contributed by atoms with van der Waals surface area (Å²) in [6.45, 7) is 50.7. The highest BCUT2D eigenvalue weighted by Crippen LogP contribution is 2.23. The largest absolute Gasteiger partial charge is 0.0999 e. The van der Waals surface area contributed by atoms with Crippen molar-refractivity contribution in [2.75, 3.05) is 0 Å². The van der Waals surface area contributed by atoms with Gasteiger partial charge < -0.3 is 0 Å². The Balaban J connectivity index is -0.000000128. The van der Waals surface area contributed by atoms with Crippen molar-refractivity contribution in [2.24, 2.45) is 57.7 Å². The van der Waals surface area contributed by atoms with Gasteiger partial charge in [-0.1, -0.05) is 141 Å². The molecule has 0 heteroatoms. The standard InChI is InChI=1S/2C9H16.C8H18.2C7H16/c2*1-8(2)6-7-9(3,4)5;1-7(2)6-8(3,4)5;2*1-6(2)5-7(3)4/h2*8H,1-5H3;7H,6H2,1-5H3;2*6-7H,5H2,1-4H3. The van der Waals surface area contributed by atoms with E-state index in [1.165, 1.54) is 19.3 Å². The van der Waals surface area contributed by atoms with Crippen molar-refractivity contribution in [1.82, 2.24) is 0 Å². The molecule has 0 N–H and O–H groups in total. The minimum absolute atomic E-state index is 0.171. The van der Waals surface area contributed by atoms with Crippen LogP contribution in [0.25, 0.3) is 0 Å². The SMILES string of the molecule is CC(C)C#CC(C)(C)C.CC(C)C#CC(C)(C)C.CC(C)CC(C)(C)C.CC(C)CC(C)C.CC(C)CC(C)C. The molecule has 0 heterocycles. The molecule has 0 bridgehead atoms. The Morgan fingerprint density at radius 3 is 0.625 bits per heavy atom. The van der Waals surface area contributed by atoms with E-state index < -0.39 is 0 Å². The second-order valence-electron chi connectivity index (χ2n) is 17.6.